The van der Waals surface area contributed by atoms with E-state index in [2.05, 4.69) is 5.32 Å². The Bertz CT molecular complexity index is 876. The number of hydrogen-bond donors (Lipinski definition) is 1. The molecule has 0 bridgehead atoms. The molecule has 2 aromatic rings. The molecule has 0 unspecified atom stereocenters. The second-order valence-electron chi connectivity index (χ2n) is 5.77. The Morgan fingerprint density at radius 1 is 1.20 bits per heavy atom. The molecule has 2 heterocycles. The van der Waals surface area contributed by atoms with Gasteiger partial charge in [-0.3, -0.25) is 4.79 Å². The first-order valence-corrected chi connectivity index (χ1v) is 10.2. The molecular formula is C17H17N3O3S2. The third kappa shape index (κ3) is 3.90. The van der Waals surface area contributed by atoms with Gasteiger partial charge in [-0.25, -0.2) is 8.42 Å². The van der Waals surface area contributed by atoms with Crippen molar-refractivity contribution < 1.29 is 13.2 Å². The summed E-state index contributed by atoms with van der Waals surface area (Å²) in [5.41, 5.74) is 0.425. The average molecular weight is 375 g/mol. The molecule has 1 N–H and O–H groups in total. The van der Waals surface area contributed by atoms with Crippen LogP contribution in [0.2, 0.25) is 0 Å². The number of nitriles is 1. The zero-order valence-electron chi connectivity index (χ0n) is 13.4. The van der Waals surface area contributed by atoms with Crippen molar-refractivity contribution in [1.82, 2.24) is 9.62 Å². The Hall–Kier alpha value is -2.21. The van der Waals surface area contributed by atoms with Gasteiger partial charge in [0.15, 0.2) is 0 Å². The van der Waals surface area contributed by atoms with Crippen LogP contribution in [-0.4, -0.2) is 37.8 Å². The Morgan fingerprint density at radius 2 is 1.88 bits per heavy atom. The van der Waals surface area contributed by atoms with Gasteiger partial charge in [-0.05, 0) is 48.6 Å². The summed E-state index contributed by atoms with van der Waals surface area (Å²) in [7, 11) is -3.57. The summed E-state index contributed by atoms with van der Waals surface area (Å²) in [6.07, 6.45) is 1.15. The largest absolute Gasteiger partial charge is 0.349 e. The van der Waals surface area contributed by atoms with Gasteiger partial charge < -0.3 is 5.32 Å². The molecule has 0 saturated carbocycles. The smallest absolute Gasteiger partial charge is 0.261 e. The minimum atomic E-state index is -3.57. The van der Waals surface area contributed by atoms with Crippen LogP contribution in [0, 0.1) is 11.3 Å². The highest BCUT2D eigenvalue weighted by atomic mass is 32.2. The number of rotatable bonds is 4. The summed E-state index contributed by atoms with van der Waals surface area (Å²) in [6.45, 7) is 0.718. The third-order valence-electron chi connectivity index (χ3n) is 4.16. The number of piperidine rings is 1. The number of hydrogen-bond acceptors (Lipinski definition) is 5. The predicted molar refractivity (Wildman–Crippen MR) is 94.7 cm³/mol. The van der Waals surface area contributed by atoms with Crippen molar-refractivity contribution in [3.8, 4) is 6.07 Å². The quantitative estimate of drug-likeness (QED) is 0.887. The number of carbonyl (C=O) groups excluding carboxylic acids is 1. The van der Waals surface area contributed by atoms with Gasteiger partial charge in [0, 0.05) is 19.1 Å². The van der Waals surface area contributed by atoms with Crippen molar-refractivity contribution in [3.05, 3.63) is 52.2 Å². The lowest BCUT2D eigenvalue weighted by molar-refractivity contribution is 0.0928. The number of thiophene rings is 1. The van der Waals surface area contributed by atoms with Gasteiger partial charge in [0.2, 0.25) is 10.0 Å². The molecule has 0 atom stereocenters. The maximum Gasteiger partial charge on any atom is 0.261 e. The highest BCUT2D eigenvalue weighted by Gasteiger charge is 2.30. The molecule has 3 rings (SSSR count). The molecule has 0 aliphatic carbocycles. The van der Waals surface area contributed by atoms with Crippen molar-refractivity contribution >= 4 is 27.3 Å². The lowest BCUT2D eigenvalue weighted by Crippen LogP contribution is -2.46. The Labute approximate surface area is 150 Å². The molecule has 0 spiro atoms. The van der Waals surface area contributed by atoms with Crippen LogP contribution in [0.3, 0.4) is 0 Å². The molecule has 1 aromatic heterocycles. The van der Waals surface area contributed by atoms with Crippen molar-refractivity contribution in [1.29, 1.82) is 5.26 Å². The highest BCUT2D eigenvalue weighted by Crippen LogP contribution is 2.21. The van der Waals surface area contributed by atoms with E-state index in [1.165, 1.54) is 39.9 Å². The molecular weight excluding hydrogens is 358 g/mol. The summed E-state index contributed by atoms with van der Waals surface area (Å²) < 4.78 is 26.8. The molecule has 1 fully saturated rings. The van der Waals surface area contributed by atoms with Gasteiger partial charge in [0.1, 0.15) is 0 Å². The zero-order valence-corrected chi connectivity index (χ0v) is 15.0. The van der Waals surface area contributed by atoms with E-state index >= 15 is 0 Å². The van der Waals surface area contributed by atoms with E-state index in [0.29, 0.717) is 36.4 Å². The van der Waals surface area contributed by atoms with Gasteiger partial charge >= 0.3 is 0 Å². The van der Waals surface area contributed by atoms with Crippen LogP contribution in [0.15, 0.2) is 46.7 Å². The maximum absolute atomic E-state index is 12.7. The van der Waals surface area contributed by atoms with Crippen LogP contribution in [0.4, 0.5) is 0 Å². The van der Waals surface area contributed by atoms with E-state index in [4.69, 9.17) is 5.26 Å². The standard InChI is InChI=1S/C17H17N3O3S2/c18-12-13-3-5-15(6-4-13)25(22,23)20-9-7-14(8-10-20)19-17(21)16-2-1-11-24-16/h1-6,11,14H,7-10H2,(H,19,21). The Morgan fingerprint density at radius 3 is 2.44 bits per heavy atom. The van der Waals surface area contributed by atoms with Crippen molar-refractivity contribution in [2.24, 2.45) is 0 Å². The van der Waals surface area contributed by atoms with Gasteiger partial charge in [-0.2, -0.15) is 9.57 Å². The molecule has 1 aromatic carbocycles. The normalized spacial score (nSPS) is 16.3. The fourth-order valence-electron chi connectivity index (χ4n) is 2.76. The van der Waals surface area contributed by atoms with E-state index in [1.54, 1.807) is 6.07 Å². The van der Waals surface area contributed by atoms with E-state index in [1.807, 2.05) is 17.5 Å². The van der Waals surface area contributed by atoms with Crippen LogP contribution in [0.5, 0.6) is 0 Å². The summed E-state index contributed by atoms with van der Waals surface area (Å²) in [5.74, 6) is -0.108. The third-order valence-corrected chi connectivity index (χ3v) is 6.94. The number of nitrogens with one attached hydrogen (secondary N) is 1. The summed E-state index contributed by atoms with van der Waals surface area (Å²) in [4.78, 5) is 12.9. The molecule has 6 nitrogen and oxygen atoms in total. The molecule has 1 aliphatic rings. The lowest BCUT2D eigenvalue weighted by atomic mass is 10.1. The van der Waals surface area contributed by atoms with E-state index in [0.717, 1.165) is 0 Å². The molecule has 1 aliphatic heterocycles. The van der Waals surface area contributed by atoms with Crippen molar-refractivity contribution in [3.63, 3.8) is 0 Å². The minimum absolute atomic E-state index is 0.0259. The van der Waals surface area contributed by atoms with Crippen LogP contribution in [0.1, 0.15) is 28.1 Å². The molecule has 25 heavy (non-hydrogen) atoms. The van der Waals surface area contributed by atoms with Crippen LogP contribution >= 0.6 is 11.3 Å². The zero-order chi connectivity index (χ0) is 17.9. The number of sulfonamides is 1. The topological polar surface area (TPSA) is 90.3 Å². The first-order chi connectivity index (χ1) is 12.0. The monoisotopic (exact) mass is 375 g/mol. The first kappa shape index (κ1) is 17.6. The molecule has 0 radical (unpaired) electrons. The number of benzene rings is 1. The Balaban J connectivity index is 1.61. The molecule has 1 amide bonds. The van der Waals surface area contributed by atoms with E-state index in [9.17, 15) is 13.2 Å². The predicted octanol–water partition coefficient (Wildman–Crippen LogP) is 2.20. The maximum atomic E-state index is 12.7. The fraction of sp³-hybridized carbons (Fsp3) is 0.294. The van der Waals surface area contributed by atoms with Gasteiger partial charge in [0.05, 0.1) is 21.4 Å². The minimum Gasteiger partial charge on any atom is -0.349 e. The number of amides is 1. The van der Waals surface area contributed by atoms with E-state index < -0.39 is 10.0 Å². The summed E-state index contributed by atoms with van der Waals surface area (Å²) in [6, 6.07) is 11.5. The van der Waals surface area contributed by atoms with Crippen LogP contribution < -0.4 is 5.32 Å². The van der Waals surface area contributed by atoms with Crippen LogP contribution in [-0.2, 0) is 10.0 Å². The number of nitrogens with zero attached hydrogens (tertiary/aromatic N) is 2. The molecule has 8 heteroatoms. The van der Waals surface area contributed by atoms with E-state index in [-0.39, 0.29) is 16.8 Å². The second kappa shape index (κ2) is 7.35. The fourth-order valence-corrected chi connectivity index (χ4v) is 4.85. The first-order valence-electron chi connectivity index (χ1n) is 7.85. The van der Waals surface area contributed by atoms with Gasteiger partial charge in [-0.15, -0.1) is 11.3 Å². The van der Waals surface area contributed by atoms with Gasteiger partial charge in [-0.1, -0.05) is 6.07 Å². The van der Waals surface area contributed by atoms with Crippen LogP contribution in [0.25, 0.3) is 0 Å². The van der Waals surface area contributed by atoms with Crippen molar-refractivity contribution in [2.75, 3.05) is 13.1 Å². The lowest BCUT2D eigenvalue weighted by Gasteiger charge is -2.31. The summed E-state index contributed by atoms with van der Waals surface area (Å²) >= 11 is 1.38. The molecule has 130 valence electrons. The SMILES string of the molecule is N#Cc1ccc(S(=O)(=O)N2CCC(NC(=O)c3cccs3)CC2)cc1. The second-order valence-corrected chi connectivity index (χ2v) is 8.65. The summed E-state index contributed by atoms with van der Waals surface area (Å²) in [5, 5.41) is 13.6. The molecule has 1 saturated heterocycles. The average Bonchev–Trinajstić information content (AvgIpc) is 3.17. The Kier molecular flexibility index (Phi) is 5.18. The van der Waals surface area contributed by atoms with Gasteiger partial charge in [0.25, 0.3) is 5.91 Å². The van der Waals surface area contributed by atoms with Crippen molar-refractivity contribution in [2.45, 2.75) is 23.8 Å². The highest BCUT2D eigenvalue weighted by molar-refractivity contribution is 7.89. The number of carbonyl (C=O) groups is 1.